The first kappa shape index (κ1) is 8.61. The number of carboxylic acids is 1. The van der Waals surface area contributed by atoms with Gasteiger partial charge in [-0.05, 0) is 6.92 Å². The predicted octanol–water partition coefficient (Wildman–Crippen LogP) is -0.120. The molecule has 0 amide bonds. The molecule has 0 radical (unpaired) electrons. The summed E-state index contributed by atoms with van der Waals surface area (Å²) in [6.07, 6.45) is -0.341. The van der Waals surface area contributed by atoms with Crippen molar-refractivity contribution in [2.75, 3.05) is 0 Å². The van der Waals surface area contributed by atoms with E-state index >= 15 is 0 Å². The number of aliphatic carboxylic acids is 1. The molecule has 0 saturated heterocycles. The third-order valence-electron chi connectivity index (χ3n) is 0.784. The molecule has 0 aliphatic rings. The molecule has 0 aromatic rings. The fraction of sp³-hybridized carbons (Fsp3) is 0.400. The third-order valence-corrected chi connectivity index (χ3v) is 0.784. The van der Waals surface area contributed by atoms with Crippen molar-refractivity contribution in [2.24, 2.45) is 5.16 Å². The van der Waals surface area contributed by atoms with Crippen molar-refractivity contribution < 1.29 is 19.9 Å². The summed E-state index contributed by atoms with van der Waals surface area (Å²) in [6, 6.07) is 0. The van der Waals surface area contributed by atoms with Crippen LogP contribution in [0, 0.1) is 0 Å². The van der Waals surface area contributed by atoms with Crippen molar-refractivity contribution in [2.45, 2.75) is 13.3 Å². The zero-order valence-corrected chi connectivity index (χ0v) is 5.37. The summed E-state index contributed by atoms with van der Waals surface area (Å²) < 4.78 is 0. The molecule has 0 aromatic heterocycles. The lowest BCUT2D eigenvalue weighted by molar-refractivity contribution is -0.130. The topological polar surface area (TPSA) is 87.0 Å². The molecule has 0 unspecified atom stereocenters. The van der Waals surface area contributed by atoms with Gasteiger partial charge in [0.15, 0.2) is 5.71 Å². The fourth-order valence-corrected chi connectivity index (χ4v) is 0.390. The summed E-state index contributed by atoms with van der Waals surface area (Å²) in [4.78, 5) is 20.3. The quantitative estimate of drug-likeness (QED) is 0.329. The van der Waals surface area contributed by atoms with E-state index in [1.807, 2.05) is 0 Å². The second-order valence-corrected chi connectivity index (χ2v) is 1.73. The Hall–Kier alpha value is -1.39. The van der Waals surface area contributed by atoms with Crippen LogP contribution in [0.1, 0.15) is 13.3 Å². The number of hydrogen-bond donors (Lipinski definition) is 2. The van der Waals surface area contributed by atoms with Gasteiger partial charge in [-0.1, -0.05) is 5.16 Å². The minimum Gasteiger partial charge on any atom is -0.477 e. The molecule has 5 nitrogen and oxygen atoms in total. The monoisotopic (exact) mass is 145 g/mol. The van der Waals surface area contributed by atoms with E-state index in [-0.39, 0.29) is 12.2 Å². The molecule has 5 heteroatoms. The Morgan fingerprint density at radius 3 is 2.10 bits per heavy atom. The average Bonchev–Trinajstić information content (AvgIpc) is 1.81. The van der Waals surface area contributed by atoms with E-state index in [9.17, 15) is 9.59 Å². The lowest BCUT2D eigenvalue weighted by Crippen LogP contribution is -2.15. The van der Waals surface area contributed by atoms with Gasteiger partial charge in [0.25, 0.3) is 0 Å². The molecule has 0 bridgehead atoms. The van der Waals surface area contributed by atoms with E-state index in [0.717, 1.165) is 0 Å². The first-order chi connectivity index (χ1) is 4.57. The number of carbonyl (C=O) groups is 2. The van der Waals surface area contributed by atoms with Crippen molar-refractivity contribution in [1.82, 2.24) is 0 Å². The van der Waals surface area contributed by atoms with Crippen LogP contribution in [0.15, 0.2) is 5.16 Å². The van der Waals surface area contributed by atoms with E-state index in [4.69, 9.17) is 10.3 Å². The van der Waals surface area contributed by atoms with Crippen LogP contribution in [0.2, 0.25) is 0 Å². The van der Waals surface area contributed by atoms with Gasteiger partial charge in [0.2, 0.25) is 0 Å². The van der Waals surface area contributed by atoms with E-state index in [1.165, 1.54) is 6.92 Å². The molecule has 0 fully saturated rings. The Bertz CT molecular complexity index is 184. The zero-order valence-electron chi connectivity index (χ0n) is 5.37. The van der Waals surface area contributed by atoms with Gasteiger partial charge in [-0.15, -0.1) is 0 Å². The van der Waals surface area contributed by atoms with E-state index < -0.39 is 11.7 Å². The van der Waals surface area contributed by atoms with Crippen molar-refractivity contribution in [1.29, 1.82) is 0 Å². The molecule has 2 N–H and O–H groups in total. The van der Waals surface area contributed by atoms with Crippen molar-refractivity contribution in [3.63, 3.8) is 0 Å². The standard InChI is InChI=1S/C5H7NO4/c1-3(7)2-4(6-10)5(8)9/h10H,2H2,1H3,(H,8,9). The summed E-state index contributed by atoms with van der Waals surface area (Å²) in [5.74, 6) is -1.73. The second kappa shape index (κ2) is 3.60. The molecule has 0 aliphatic heterocycles. The van der Waals surface area contributed by atoms with Gasteiger partial charge in [-0.3, -0.25) is 4.79 Å². The maximum Gasteiger partial charge on any atom is 0.354 e. The van der Waals surface area contributed by atoms with Gasteiger partial charge >= 0.3 is 5.97 Å². The van der Waals surface area contributed by atoms with Gasteiger partial charge in [0.1, 0.15) is 5.78 Å². The Labute approximate surface area is 57.0 Å². The minimum atomic E-state index is -1.38. The molecular formula is C5H7NO4. The smallest absolute Gasteiger partial charge is 0.354 e. The Morgan fingerprint density at radius 2 is 2.00 bits per heavy atom. The van der Waals surface area contributed by atoms with Crippen molar-refractivity contribution in [3.05, 3.63) is 0 Å². The minimum absolute atomic E-state index is 0.341. The van der Waals surface area contributed by atoms with E-state index in [0.29, 0.717) is 0 Å². The summed E-state index contributed by atoms with van der Waals surface area (Å²) in [5.41, 5.74) is -0.535. The summed E-state index contributed by atoms with van der Waals surface area (Å²) in [6.45, 7) is 1.22. The lowest BCUT2D eigenvalue weighted by atomic mass is 10.2. The number of rotatable bonds is 3. The summed E-state index contributed by atoms with van der Waals surface area (Å²) >= 11 is 0. The maximum absolute atomic E-state index is 10.3. The van der Waals surface area contributed by atoms with Gasteiger partial charge in [0.05, 0.1) is 6.42 Å². The van der Waals surface area contributed by atoms with Crippen LogP contribution in [0.3, 0.4) is 0 Å². The molecule has 0 aliphatic carbocycles. The highest BCUT2D eigenvalue weighted by molar-refractivity contribution is 6.38. The SMILES string of the molecule is CC(=O)CC(=NO)C(=O)O. The van der Waals surface area contributed by atoms with Crippen LogP contribution in [-0.4, -0.2) is 27.8 Å². The van der Waals surface area contributed by atoms with Crippen LogP contribution >= 0.6 is 0 Å². The number of carbonyl (C=O) groups excluding carboxylic acids is 1. The normalized spacial score (nSPS) is 11.1. The number of oxime groups is 1. The van der Waals surface area contributed by atoms with E-state index in [1.54, 1.807) is 0 Å². The van der Waals surface area contributed by atoms with Gasteiger partial charge < -0.3 is 10.3 Å². The largest absolute Gasteiger partial charge is 0.477 e. The predicted molar refractivity (Wildman–Crippen MR) is 32.2 cm³/mol. The molecular weight excluding hydrogens is 138 g/mol. The Balaban J connectivity index is 4.12. The number of carboxylic acid groups (broad SMARTS) is 1. The maximum atomic E-state index is 10.3. The molecule has 0 atom stereocenters. The Morgan fingerprint density at radius 1 is 1.50 bits per heavy atom. The van der Waals surface area contributed by atoms with Gasteiger partial charge in [0, 0.05) is 0 Å². The molecule has 0 rings (SSSR count). The van der Waals surface area contributed by atoms with Crippen LogP contribution in [-0.2, 0) is 9.59 Å². The van der Waals surface area contributed by atoms with Crippen LogP contribution in [0.4, 0.5) is 0 Å². The van der Waals surface area contributed by atoms with E-state index in [2.05, 4.69) is 5.16 Å². The second-order valence-electron chi connectivity index (χ2n) is 1.73. The summed E-state index contributed by atoms with van der Waals surface area (Å²) in [7, 11) is 0. The highest BCUT2D eigenvalue weighted by Crippen LogP contribution is 1.87. The number of hydrogen-bond acceptors (Lipinski definition) is 4. The number of ketones is 1. The average molecular weight is 145 g/mol. The zero-order chi connectivity index (χ0) is 8.15. The first-order valence-corrected chi connectivity index (χ1v) is 2.51. The molecule has 56 valence electrons. The number of nitrogens with zero attached hydrogens (tertiary/aromatic N) is 1. The highest BCUT2D eigenvalue weighted by Gasteiger charge is 2.11. The molecule has 0 saturated carbocycles. The number of Topliss-reactive ketones (excluding diaryl/α,β-unsaturated/α-hetero) is 1. The summed E-state index contributed by atoms with van der Waals surface area (Å²) in [5, 5.41) is 18.6. The molecule has 0 aromatic carbocycles. The van der Waals surface area contributed by atoms with Crippen LogP contribution in [0.5, 0.6) is 0 Å². The highest BCUT2D eigenvalue weighted by atomic mass is 16.4. The lowest BCUT2D eigenvalue weighted by Gasteiger charge is -1.91. The Kier molecular flexibility index (Phi) is 3.10. The molecule has 0 spiro atoms. The van der Waals surface area contributed by atoms with Gasteiger partial charge in [-0.25, -0.2) is 4.79 Å². The van der Waals surface area contributed by atoms with Crippen molar-refractivity contribution >= 4 is 17.5 Å². The fourth-order valence-electron chi connectivity index (χ4n) is 0.390. The molecule has 0 heterocycles. The first-order valence-electron chi connectivity index (χ1n) is 2.51. The van der Waals surface area contributed by atoms with Gasteiger partial charge in [-0.2, -0.15) is 0 Å². The molecule has 10 heavy (non-hydrogen) atoms. The van der Waals surface area contributed by atoms with Crippen LogP contribution < -0.4 is 0 Å². The van der Waals surface area contributed by atoms with Crippen LogP contribution in [0.25, 0.3) is 0 Å². The third kappa shape index (κ3) is 2.81. The van der Waals surface area contributed by atoms with Crippen molar-refractivity contribution in [3.8, 4) is 0 Å².